The Morgan fingerprint density at radius 1 is 1.30 bits per heavy atom. The Kier molecular flexibility index (Phi) is 6.06. The van der Waals surface area contributed by atoms with E-state index in [2.05, 4.69) is 20.6 Å². The lowest BCUT2D eigenvalue weighted by Gasteiger charge is -2.24. The maximum atomic E-state index is 13.6. The minimum atomic E-state index is -4.23. The first-order valence-corrected chi connectivity index (χ1v) is 9.44. The molecule has 11 heteroatoms. The summed E-state index contributed by atoms with van der Waals surface area (Å²) < 4.78 is 31.6. The van der Waals surface area contributed by atoms with E-state index in [4.69, 9.17) is 11.6 Å². The van der Waals surface area contributed by atoms with E-state index >= 15 is 0 Å². The van der Waals surface area contributed by atoms with Crippen LogP contribution in [-0.2, 0) is 4.79 Å². The van der Waals surface area contributed by atoms with Gasteiger partial charge in [-0.1, -0.05) is 23.7 Å². The molecule has 8 nitrogen and oxygen atoms in total. The highest BCUT2D eigenvalue weighted by molar-refractivity contribution is 6.43. The zero-order valence-corrected chi connectivity index (χ0v) is 17.1. The second kappa shape index (κ2) is 8.39. The molecule has 1 aromatic rings. The predicted molar refractivity (Wildman–Crippen MR) is 108 cm³/mol. The minimum Gasteiger partial charge on any atom is -0.424 e. The molecule has 160 valence electrons. The van der Waals surface area contributed by atoms with Crippen molar-refractivity contribution in [1.29, 1.82) is 0 Å². The number of rotatable bonds is 5. The second-order valence-corrected chi connectivity index (χ2v) is 7.18. The number of carbonyl (C=O) groups excluding carboxylic acids is 2. The van der Waals surface area contributed by atoms with Crippen LogP contribution >= 0.6 is 11.6 Å². The zero-order valence-electron chi connectivity index (χ0n) is 16.4. The number of nitrogens with two attached hydrogens (primary N) is 1. The molecule has 1 fully saturated rings. The number of alkyl halides is 2. The third kappa shape index (κ3) is 4.43. The summed E-state index contributed by atoms with van der Waals surface area (Å²) in [5, 5.41) is 6.71. The van der Waals surface area contributed by atoms with Crippen LogP contribution in [0.4, 0.5) is 8.78 Å². The van der Waals surface area contributed by atoms with Crippen LogP contribution in [0.2, 0.25) is 0 Å². The Labute approximate surface area is 176 Å². The van der Waals surface area contributed by atoms with Crippen LogP contribution in [0.3, 0.4) is 0 Å². The number of amides is 2. The van der Waals surface area contributed by atoms with E-state index in [1.54, 1.807) is 5.01 Å². The van der Waals surface area contributed by atoms with Gasteiger partial charge in [-0.05, 0) is 26.0 Å². The van der Waals surface area contributed by atoms with Crippen molar-refractivity contribution in [1.82, 2.24) is 9.91 Å². The van der Waals surface area contributed by atoms with Crippen molar-refractivity contribution in [3.05, 3.63) is 40.6 Å². The van der Waals surface area contributed by atoms with Gasteiger partial charge in [-0.15, -0.1) is 0 Å². The molecular formula is C19H20ClF2N5O3. The van der Waals surface area contributed by atoms with E-state index in [1.807, 2.05) is 13.8 Å². The summed E-state index contributed by atoms with van der Waals surface area (Å²) in [7, 11) is 0. The number of ether oxygens (including phenoxy) is 1. The summed E-state index contributed by atoms with van der Waals surface area (Å²) in [6.45, 7) is 4.53. The molecule has 0 saturated carbocycles. The summed E-state index contributed by atoms with van der Waals surface area (Å²) in [6.07, 6.45) is -3.72. The standard InChI is InChI=1S/C19H20ClF2N5O3/c1-11-16(20)12(2)27(10-24-11)25-13-7-8-26(9-13)17(28)14-5-3-4-6-15(14)30-19(21,22)18(23)29/h3-6H,7-10H2,1-2H3,(H2,23,29). The van der Waals surface area contributed by atoms with Crippen LogP contribution in [0.15, 0.2) is 45.1 Å². The van der Waals surface area contributed by atoms with E-state index in [-0.39, 0.29) is 12.1 Å². The largest absolute Gasteiger partial charge is 0.482 e. The number of hydrazone groups is 1. The van der Waals surface area contributed by atoms with Gasteiger partial charge in [0.25, 0.3) is 5.91 Å². The van der Waals surface area contributed by atoms with Gasteiger partial charge in [0.15, 0.2) is 0 Å². The molecule has 0 radical (unpaired) electrons. The summed E-state index contributed by atoms with van der Waals surface area (Å²) in [4.78, 5) is 29.5. The van der Waals surface area contributed by atoms with Gasteiger partial charge in [-0.3, -0.25) is 14.6 Å². The quantitative estimate of drug-likeness (QED) is 0.761. The Hall–Kier alpha value is -3.01. The topological polar surface area (TPSA) is 101 Å². The molecule has 2 amide bonds. The molecule has 0 bridgehead atoms. The lowest BCUT2D eigenvalue weighted by atomic mass is 10.1. The smallest absolute Gasteiger partial charge is 0.424 e. The van der Waals surface area contributed by atoms with E-state index < -0.39 is 23.7 Å². The first-order valence-electron chi connectivity index (χ1n) is 9.07. The van der Waals surface area contributed by atoms with Crippen LogP contribution in [0, 0.1) is 0 Å². The SMILES string of the molecule is CC1=NCN(N=C2CCN(C(=O)c3ccccc3OC(F)(F)C(N)=O)C2)C(C)=C1Cl. The van der Waals surface area contributed by atoms with E-state index in [0.717, 1.165) is 17.1 Å². The predicted octanol–water partition coefficient (Wildman–Crippen LogP) is 2.55. The van der Waals surface area contributed by atoms with E-state index in [1.165, 1.54) is 29.2 Å². The van der Waals surface area contributed by atoms with Crippen LogP contribution in [-0.4, -0.2) is 59.0 Å². The fourth-order valence-corrected chi connectivity index (χ4v) is 3.15. The number of benzene rings is 1. The number of hydrogen-bond donors (Lipinski definition) is 1. The van der Waals surface area contributed by atoms with Crippen LogP contribution in [0.1, 0.15) is 30.6 Å². The maximum absolute atomic E-state index is 13.6. The highest BCUT2D eigenvalue weighted by atomic mass is 35.5. The molecule has 0 spiro atoms. The molecule has 2 aliphatic heterocycles. The van der Waals surface area contributed by atoms with Crippen molar-refractivity contribution in [2.24, 2.45) is 15.8 Å². The number of aliphatic imine (C=N–C) groups is 1. The summed E-state index contributed by atoms with van der Waals surface area (Å²) in [5.41, 5.74) is 6.77. The molecular weight excluding hydrogens is 420 g/mol. The third-order valence-electron chi connectivity index (χ3n) is 4.70. The molecule has 0 unspecified atom stereocenters. The molecule has 2 heterocycles. The van der Waals surface area contributed by atoms with Crippen molar-refractivity contribution in [3.8, 4) is 5.75 Å². The van der Waals surface area contributed by atoms with Crippen LogP contribution in [0.25, 0.3) is 0 Å². The molecule has 30 heavy (non-hydrogen) atoms. The van der Waals surface area contributed by atoms with Gasteiger partial charge in [0.2, 0.25) is 0 Å². The van der Waals surface area contributed by atoms with Gasteiger partial charge in [0, 0.05) is 13.0 Å². The molecule has 0 aliphatic carbocycles. The normalized spacial score (nSPS) is 18.7. The lowest BCUT2D eigenvalue weighted by molar-refractivity contribution is -0.189. The molecule has 0 atom stereocenters. The van der Waals surface area contributed by atoms with Crippen molar-refractivity contribution < 1.29 is 23.1 Å². The van der Waals surface area contributed by atoms with E-state index in [9.17, 15) is 18.4 Å². The maximum Gasteiger partial charge on any atom is 0.482 e. The van der Waals surface area contributed by atoms with E-state index in [0.29, 0.717) is 24.7 Å². The third-order valence-corrected chi connectivity index (χ3v) is 5.25. The minimum absolute atomic E-state index is 0.100. The lowest BCUT2D eigenvalue weighted by Crippen LogP contribution is -2.41. The number of para-hydroxylation sites is 1. The first kappa shape index (κ1) is 21.7. The first-order chi connectivity index (χ1) is 14.1. The van der Waals surface area contributed by atoms with Gasteiger partial charge in [-0.2, -0.15) is 13.9 Å². The van der Waals surface area contributed by atoms with Crippen molar-refractivity contribution in [2.45, 2.75) is 26.4 Å². The highest BCUT2D eigenvalue weighted by Crippen LogP contribution is 2.27. The van der Waals surface area contributed by atoms with Crippen LogP contribution < -0.4 is 10.5 Å². The number of primary amides is 1. The van der Waals surface area contributed by atoms with Crippen molar-refractivity contribution >= 4 is 34.8 Å². The molecule has 1 aromatic carbocycles. The van der Waals surface area contributed by atoms with Crippen molar-refractivity contribution in [2.75, 3.05) is 19.8 Å². The number of carbonyl (C=O) groups is 2. The fraction of sp³-hybridized carbons (Fsp3) is 0.368. The molecule has 2 N–H and O–H groups in total. The van der Waals surface area contributed by atoms with Gasteiger partial charge in [-0.25, -0.2) is 5.01 Å². The Bertz CT molecular complexity index is 977. The number of nitrogens with zero attached hydrogens (tertiary/aromatic N) is 4. The Balaban J connectivity index is 1.75. The number of allylic oxidation sites excluding steroid dienone is 2. The summed E-state index contributed by atoms with van der Waals surface area (Å²) >= 11 is 6.21. The highest BCUT2D eigenvalue weighted by Gasteiger charge is 2.41. The summed E-state index contributed by atoms with van der Waals surface area (Å²) in [6, 6.07) is 5.45. The Morgan fingerprint density at radius 2 is 2.00 bits per heavy atom. The number of likely N-dealkylation sites (tertiary alicyclic amines) is 1. The average Bonchev–Trinajstić information content (AvgIpc) is 3.16. The number of halogens is 3. The fourth-order valence-electron chi connectivity index (χ4n) is 2.99. The van der Waals surface area contributed by atoms with Gasteiger partial charge < -0.3 is 15.4 Å². The van der Waals surface area contributed by atoms with Gasteiger partial charge >= 0.3 is 12.0 Å². The molecule has 3 rings (SSSR count). The summed E-state index contributed by atoms with van der Waals surface area (Å²) in [5.74, 6) is -2.89. The van der Waals surface area contributed by atoms with Crippen LogP contribution in [0.5, 0.6) is 5.75 Å². The second-order valence-electron chi connectivity index (χ2n) is 6.81. The molecule has 2 aliphatic rings. The zero-order chi connectivity index (χ0) is 22.1. The van der Waals surface area contributed by atoms with Gasteiger partial charge in [0.05, 0.1) is 34.3 Å². The molecule has 1 saturated heterocycles. The van der Waals surface area contributed by atoms with Crippen molar-refractivity contribution in [3.63, 3.8) is 0 Å². The average molecular weight is 440 g/mol. The number of hydrogen-bond acceptors (Lipinski definition) is 6. The van der Waals surface area contributed by atoms with Gasteiger partial charge in [0.1, 0.15) is 12.4 Å². The molecule has 0 aromatic heterocycles. The monoisotopic (exact) mass is 439 g/mol. The Morgan fingerprint density at radius 3 is 2.70 bits per heavy atom.